The maximum atomic E-state index is 13.2. The molecule has 0 unspecified atom stereocenters. The van der Waals surface area contributed by atoms with Crippen molar-refractivity contribution in [2.75, 3.05) is 0 Å². The third-order valence-corrected chi connectivity index (χ3v) is 2.72. The Morgan fingerprint density at radius 2 is 1.65 bits per heavy atom. The lowest BCUT2D eigenvalue weighted by Crippen LogP contribution is -1.83. The van der Waals surface area contributed by atoms with Crippen LogP contribution in [0.3, 0.4) is 0 Å². The van der Waals surface area contributed by atoms with Gasteiger partial charge in [0.15, 0.2) is 0 Å². The highest BCUT2D eigenvalue weighted by atomic mass is 19.1. The van der Waals surface area contributed by atoms with Crippen molar-refractivity contribution in [3.8, 4) is 28.6 Å². The summed E-state index contributed by atoms with van der Waals surface area (Å²) >= 11 is 0. The smallest absolute Gasteiger partial charge is 0.262 e. The average molecular weight is 274 g/mol. The van der Waals surface area contributed by atoms with Gasteiger partial charge in [-0.15, -0.1) is 0 Å². The second kappa shape index (κ2) is 4.73. The van der Waals surface area contributed by atoms with E-state index in [1.807, 2.05) is 0 Å². The van der Waals surface area contributed by atoms with Crippen LogP contribution in [0, 0.1) is 11.6 Å². The molecule has 0 radical (unpaired) electrons. The fourth-order valence-corrected chi connectivity index (χ4v) is 1.73. The van der Waals surface area contributed by atoms with Crippen LogP contribution in [0.15, 0.2) is 47.0 Å². The quantitative estimate of drug-likeness (QED) is 0.778. The van der Waals surface area contributed by atoms with E-state index in [0.717, 1.165) is 12.1 Å². The molecular weight excluding hydrogens is 266 g/mol. The lowest BCUT2D eigenvalue weighted by Gasteiger charge is -1.98. The standard InChI is InChI=1S/C14H8F2N2O2/c15-9-3-1-8(2-4-9)13-17-14(20-18-13)11-7-10(16)5-6-12(11)19/h1-7,19H. The number of phenols is 1. The van der Waals surface area contributed by atoms with Crippen LogP contribution < -0.4 is 0 Å². The molecule has 0 saturated carbocycles. The van der Waals surface area contributed by atoms with E-state index in [9.17, 15) is 13.9 Å². The molecule has 20 heavy (non-hydrogen) atoms. The van der Waals surface area contributed by atoms with E-state index in [-0.39, 0.29) is 28.8 Å². The molecule has 1 N–H and O–H groups in total. The molecule has 0 aliphatic rings. The van der Waals surface area contributed by atoms with Gasteiger partial charge in [0, 0.05) is 5.56 Å². The van der Waals surface area contributed by atoms with Gasteiger partial charge in [-0.1, -0.05) is 5.16 Å². The fourth-order valence-electron chi connectivity index (χ4n) is 1.73. The van der Waals surface area contributed by atoms with Gasteiger partial charge in [0.1, 0.15) is 17.4 Å². The molecule has 0 spiro atoms. The second-order valence-electron chi connectivity index (χ2n) is 4.09. The minimum Gasteiger partial charge on any atom is -0.507 e. The molecule has 0 amide bonds. The first-order valence-electron chi connectivity index (χ1n) is 5.72. The number of benzene rings is 2. The molecule has 3 aromatic rings. The Morgan fingerprint density at radius 1 is 0.950 bits per heavy atom. The molecule has 6 heteroatoms. The van der Waals surface area contributed by atoms with Crippen LogP contribution >= 0.6 is 0 Å². The highest BCUT2D eigenvalue weighted by molar-refractivity contribution is 5.64. The molecule has 1 aromatic heterocycles. The summed E-state index contributed by atoms with van der Waals surface area (Å²) in [5.41, 5.74) is 0.656. The Balaban J connectivity index is 2.01. The molecule has 0 aliphatic heterocycles. The van der Waals surface area contributed by atoms with E-state index in [1.165, 1.54) is 30.3 Å². The molecular formula is C14H8F2N2O2. The SMILES string of the molecule is Oc1ccc(F)cc1-c1nc(-c2ccc(F)cc2)no1. The summed E-state index contributed by atoms with van der Waals surface area (Å²) in [6, 6.07) is 8.95. The second-order valence-corrected chi connectivity index (χ2v) is 4.09. The van der Waals surface area contributed by atoms with Crippen molar-refractivity contribution >= 4 is 0 Å². The van der Waals surface area contributed by atoms with Crippen LogP contribution in [0.5, 0.6) is 5.75 Å². The van der Waals surface area contributed by atoms with Crippen molar-refractivity contribution in [2.24, 2.45) is 0 Å². The monoisotopic (exact) mass is 274 g/mol. The number of nitrogens with zero attached hydrogens (tertiary/aromatic N) is 2. The Kier molecular flexibility index (Phi) is 2.90. The number of aromatic hydroxyl groups is 1. The minimum absolute atomic E-state index is 0.0127. The van der Waals surface area contributed by atoms with E-state index < -0.39 is 5.82 Å². The zero-order valence-corrected chi connectivity index (χ0v) is 10.0. The molecule has 4 nitrogen and oxygen atoms in total. The lowest BCUT2D eigenvalue weighted by atomic mass is 10.2. The van der Waals surface area contributed by atoms with E-state index in [1.54, 1.807) is 0 Å². The highest BCUT2D eigenvalue weighted by Gasteiger charge is 2.14. The number of halogens is 2. The maximum absolute atomic E-state index is 13.2. The third-order valence-electron chi connectivity index (χ3n) is 2.72. The van der Waals surface area contributed by atoms with Crippen molar-refractivity contribution < 1.29 is 18.4 Å². The van der Waals surface area contributed by atoms with E-state index in [0.29, 0.717) is 5.56 Å². The van der Waals surface area contributed by atoms with Crippen molar-refractivity contribution in [3.05, 3.63) is 54.1 Å². The van der Waals surface area contributed by atoms with Crippen molar-refractivity contribution in [1.82, 2.24) is 10.1 Å². The van der Waals surface area contributed by atoms with Gasteiger partial charge in [-0.2, -0.15) is 4.98 Å². The van der Waals surface area contributed by atoms with E-state index >= 15 is 0 Å². The van der Waals surface area contributed by atoms with Gasteiger partial charge in [0.25, 0.3) is 5.89 Å². The van der Waals surface area contributed by atoms with E-state index in [2.05, 4.69) is 10.1 Å². The Labute approximate surface area is 112 Å². The summed E-state index contributed by atoms with van der Waals surface area (Å²) in [6.45, 7) is 0. The van der Waals surface area contributed by atoms with Gasteiger partial charge in [0.2, 0.25) is 5.82 Å². The van der Waals surface area contributed by atoms with Crippen LogP contribution in [0.25, 0.3) is 22.8 Å². The number of hydrogen-bond acceptors (Lipinski definition) is 4. The average Bonchev–Trinajstić information content (AvgIpc) is 2.92. The summed E-state index contributed by atoms with van der Waals surface area (Å²) in [5, 5.41) is 13.4. The number of hydrogen-bond donors (Lipinski definition) is 1. The van der Waals surface area contributed by atoms with Gasteiger partial charge >= 0.3 is 0 Å². The predicted molar refractivity (Wildman–Crippen MR) is 66.8 cm³/mol. The summed E-state index contributed by atoms with van der Waals surface area (Å²) < 4.78 is 31.0. The predicted octanol–water partition coefficient (Wildman–Crippen LogP) is 3.39. The lowest BCUT2D eigenvalue weighted by molar-refractivity contribution is 0.425. The minimum atomic E-state index is -0.528. The molecule has 0 aliphatic carbocycles. The summed E-state index contributed by atoms with van der Waals surface area (Å²) in [6.07, 6.45) is 0. The molecule has 0 saturated heterocycles. The van der Waals surface area contributed by atoms with Gasteiger partial charge in [-0.25, -0.2) is 8.78 Å². The molecule has 0 atom stereocenters. The van der Waals surface area contributed by atoms with Crippen molar-refractivity contribution in [1.29, 1.82) is 0 Å². The summed E-state index contributed by atoms with van der Waals surface area (Å²) in [4.78, 5) is 4.06. The van der Waals surface area contributed by atoms with Crippen molar-refractivity contribution in [3.63, 3.8) is 0 Å². The fraction of sp³-hybridized carbons (Fsp3) is 0. The summed E-state index contributed by atoms with van der Waals surface area (Å²) in [7, 11) is 0. The first-order valence-corrected chi connectivity index (χ1v) is 5.72. The number of rotatable bonds is 2. The Morgan fingerprint density at radius 3 is 2.40 bits per heavy atom. The normalized spacial score (nSPS) is 10.7. The summed E-state index contributed by atoms with van der Waals surface area (Å²) in [5.74, 6) is -0.856. The van der Waals surface area contributed by atoms with Crippen LogP contribution in [-0.4, -0.2) is 15.2 Å². The Hall–Kier alpha value is -2.76. The number of aromatic nitrogens is 2. The molecule has 0 bridgehead atoms. The zero-order chi connectivity index (χ0) is 14.1. The van der Waals surface area contributed by atoms with Crippen LogP contribution in [0.4, 0.5) is 8.78 Å². The van der Waals surface area contributed by atoms with Crippen LogP contribution in [-0.2, 0) is 0 Å². The first kappa shape index (κ1) is 12.3. The molecule has 0 fully saturated rings. The van der Waals surface area contributed by atoms with Gasteiger partial charge in [0.05, 0.1) is 5.56 Å². The third kappa shape index (κ3) is 2.23. The maximum Gasteiger partial charge on any atom is 0.262 e. The number of phenolic OH excluding ortho intramolecular Hbond substituents is 1. The Bertz CT molecular complexity index is 754. The largest absolute Gasteiger partial charge is 0.507 e. The molecule has 100 valence electrons. The molecule has 1 heterocycles. The van der Waals surface area contributed by atoms with Gasteiger partial charge in [-0.3, -0.25) is 0 Å². The van der Waals surface area contributed by atoms with Crippen molar-refractivity contribution in [2.45, 2.75) is 0 Å². The van der Waals surface area contributed by atoms with Crippen LogP contribution in [0.2, 0.25) is 0 Å². The van der Waals surface area contributed by atoms with Crippen LogP contribution in [0.1, 0.15) is 0 Å². The van der Waals surface area contributed by atoms with Gasteiger partial charge in [-0.05, 0) is 42.5 Å². The first-order chi connectivity index (χ1) is 9.63. The topological polar surface area (TPSA) is 59.2 Å². The van der Waals surface area contributed by atoms with Gasteiger partial charge < -0.3 is 9.63 Å². The van der Waals surface area contributed by atoms with E-state index in [4.69, 9.17) is 4.52 Å². The molecule has 3 rings (SSSR count). The highest BCUT2D eigenvalue weighted by Crippen LogP contribution is 2.29. The zero-order valence-electron chi connectivity index (χ0n) is 10.0. The molecule has 2 aromatic carbocycles.